The average molecular weight is 465 g/mol. The number of ketones is 1. The third kappa shape index (κ3) is 6.96. The minimum Gasteiger partial charge on any atom is -0.390 e. The molecule has 1 fully saturated rings. The van der Waals surface area contributed by atoms with E-state index in [1.165, 1.54) is 11.1 Å². The van der Waals surface area contributed by atoms with E-state index in [2.05, 4.69) is 44.3 Å². The number of hydrogen-bond donors (Lipinski definition) is 2. The van der Waals surface area contributed by atoms with Gasteiger partial charge in [-0.3, -0.25) is 24.3 Å². The number of amides is 1. The summed E-state index contributed by atoms with van der Waals surface area (Å²) < 4.78 is 0. The van der Waals surface area contributed by atoms with Crippen molar-refractivity contribution in [3.8, 4) is 0 Å². The summed E-state index contributed by atoms with van der Waals surface area (Å²) in [5.41, 5.74) is 4.42. The van der Waals surface area contributed by atoms with Crippen LogP contribution in [0.1, 0.15) is 34.0 Å². The topological polar surface area (TPSA) is 76.1 Å². The van der Waals surface area contributed by atoms with Gasteiger partial charge in [0, 0.05) is 64.5 Å². The molecule has 0 aliphatic carbocycles. The lowest BCUT2D eigenvalue weighted by molar-refractivity contribution is -0.118. The van der Waals surface area contributed by atoms with Gasteiger partial charge in [0.15, 0.2) is 0 Å². The van der Waals surface area contributed by atoms with E-state index < -0.39 is 6.10 Å². The molecule has 1 unspecified atom stereocenters. The molecular formula is C27H36N4O3. The maximum absolute atomic E-state index is 12.7. The molecule has 7 nitrogen and oxygen atoms in total. The standard InChI is InChI=1S/C27H36N4O3/c1-21(32)17-29-11-13-30(14-12-29)18-22-5-4-8-24(15-22)27(34)28-16-26(33)20-31-10-9-23-6-2-3-7-25(23)19-31/h2-8,15,26,33H,9-14,16-20H2,1H3,(H,28,34). The molecule has 1 saturated heterocycles. The zero-order chi connectivity index (χ0) is 23.9. The van der Waals surface area contributed by atoms with Gasteiger partial charge in [0.2, 0.25) is 0 Å². The van der Waals surface area contributed by atoms with Gasteiger partial charge >= 0.3 is 0 Å². The van der Waals surface area contributed by atoms with Crippen LogP contribution in [0.15, 0.2) is 48.5 Å². The van der Waals surface area contributed by atoms with Gasteiger partial charge in [0.1, 0.15) is 5.78 Å². The lowest BCUT2D eigenvalue weighted by Gasteiger charge is -2.34. The van der Waals surface area contributed by atoms with Gasteiger partial charge in [0.25, 0.3) is 5.91 Å². The van der Waals surface area contributed by atoms with Gasteiger partial charge in [-0.2, -0.15) is 0 Å². The Balaban J connectivity index is 1.21. The summed E-state index contributed by atoms with van der Waals surface area (Å²) in [6, 6.07) is 16.2. The molecule has 0 radical (unpaired) electrons. The van der Waals surface area contributed by atoms with Crippen molar-refractivity contribution in [2.45, 2.75) is 32.5 Å². The van der Waals surface area contributed by atoms with Gasteiger partial charge in [-0.25, -0.2) is 0 Å². The van der Waals surface area contributed by atoms with E-state index in [-0.39, 0.29) is 18.2 Å². The molecule has 1 atom stereocenters. The number of carbonyl (C=O) groups excluding carboxylic acids is 2. The number of nitrogens with one attached hydrogen (secondary N) is 1. The fourth-order valence-corrected chi connectivity index (χ4v) is 4.87. The van der Waals surface area contributed by atoms with Crippen molar-refractivity contribution in [1.29, 1.82) is 0 Å². The molecule has 4 rings (SSSR count). The first-order chi connectivity index (χ1) is 16.5. The van der Waals surface area contributed by atoms with Gasteiger partial charge < -0.3 is 10.4 Å². The minimum absolute atomic E-state index is 0.156. The molecule has 2 aliphatic heterocycles. The van der Waals surface area contributed by atoms with E-state index in [4.69, 9.17) is 0 Å². The Morgan fingerprint density at radius 1 is 0.941 bits per heavy atom. The Bertz CT molecular complexity index is 987. The maximum Gasteiger partial charge on any atom is 0.251 e. The lowest BCUT2D eigenvalue weighted by atomic mass is 10.00. The summed E-state index contributed by atoms with van der Waals surface area (Å²) in [5.74, 6) is 0.0507. The Morgan fingerprint density at radius 3 is 2.44 bits per heavy atom. The number of nitrogens with zero attached hydrogens (tertiary/aromatic N) is 3. The molecule has 2 N–H and O–H groups in total. The normalized spacial score (nSPS) is 18.3. The van der Waals surface area contributed by atoms with E-state index in [9.17, 15) is 14.7 Å². The Labute approximate surface area is 202 Å². The number of Topliss-reactive ketones (excluding diaryl/α,β-unsaturated/α-hetero) is 1. The van der Waals surface area contributed by atoms with Crippen LogP contribution in [0.3, 0.4) is 0 Å². The molecule has 1 amide bonds. The third-order valence-corrected chi connectivity index (χ3v) is 6.68. The second-order valence-electron chi connectivity index (χ2n) is 9.57. The number of benzene rings is 2. The van der Waals surface area contributed by atoms with Gasteiger partial charge in [-0.15, -0.1) is 0 Å². The Morgan fingerprint density at radius 2 is 1.68 bits per heavy atom. The largest absolute Gasteiger partial charge is 0.390 e. The van der Waals surface area contributed by atoms with E-state index in [1.807, 2.05) is 24.3 Å². The van der Waals surface area contributed by atoms with Crippen LogP contribution in [0.4, 0.5) is 0 Å². The molecule has 2 aromatic carbocycles. The monoisotopic (exact) mass is 464 g/mol. The maximum atomic E-state index is 12.7. The summed E-state index contributed by atoms with van der Waals surface area (Å²) in [7, 11) is 0. The highest BCUT2D eigenvalue weighted by Gasteiger charge is 2.20. The van der Waals surface area contributed by atoms with Crippen molar-refractivity contribution in [3.05, 3.63) is 70.8 Å². The number of carbonyl (C=O) groups is 2. The van der Waals surface area contributed by atoms with E-state index in [0.29, 0.717) is 18.7 Å². The molecule has 2 aromatic rings. The van der Waals surface area contributed by atoms with Gasteiger partial charge in [-0.05, 0) is 42.2 Å². The number of hydrogen-bond acceptors (Lipinski definition) is 6. The summed E-state index contributed by atoms with van der Waals surface area (Å²) in [5, 5.41) is 13.4. The number of β-amino-alcohol motifs (C(OH)–C–C–N with tert-alkyl or cyclic N) is 1. The first kappa shape index (κ1) is 24.5. The highest BCUT2D eigenvalue weighted by Crippen LogP contribution is 2.18. The van der Waals surface area contributed by atoms with Crippen LogP contribution in [-0.4, -0.2) is 90.0 Å². The molecule has 7 heteroatoms. The molecule has 34 heavy (non-hydrogen) atoms. The SMILES string of the molecule is CC(=O)CN1CCN(Cc2cccc(C(=O)NCC(O)CN3CCc4ccccc4C3)c2)CC1. The predicted octanol–water partition coefficient (Wildman–Crippen LogP) is 1.54. The predicted molar refractivity (Wildman–Crippen MR) is 133 cm³/mol. The van der Waals surface area contributed by atoms with Crippen LogP contribution in [-0.2, 0) is 24.3 Å². The highest BCUT2D eigenvalue weighted by molar-refractivity contribution is 5.94. The molecule has 182 valence electrons. The fraction of sp³-hybridized carbons (Fsp3) is 0.481. The number of rotatable bonds is 9. The number of piperazine rings is 1. The Hall–Kier alpha value is -2.58. The van der Waals surface area contributed by atoms with E-state index in [1.54, 1.807) is 6.92 Å². The minimum atomic E-state index is -0.608. The molecule has 0 saturated carbocycles. The first-order valence-corrected chi connectivity index (χ1v) is 12.2. The average Bonchev–Trinajstić information content (AvgIpc) is 2.83. The zero-order valence-electron chi connectivity index (χ0n) is 20.1. The summed E-state index contributed by atoms with van der Waals surface area (Å²) in [6.45, 7) is 9.10. The smallest absolute Gasteiger partial charge is 0.251 e. The van der Waals surface area contributed by atoms with Crippen LogP contribution in [0, 0.1) is 0 Å². The van der Waals surface area contributed by atoms with Crippen molar-refractivity contribution in [3.63, 3.8) is 0 Å². The van der Waals surface area contributed by atoms with Crippen molar-refractivity contribution >= 4 is 11.7 Å². The summed E-state index contributed by atoms with van der Waals surface area (Å²) >= 11 is 0. The van der Waals surface area contributed by atoms with Crippen LogP contribution < -0.4 is 5.32 Å². The second-order valence-corrected chi connectivity index (χ2v) is 9.57. The van der Waals surface area contributed by atoms with E-state index >= 15 is 0 Å². The molecule has 0 spiro atoms. The molecule has 0 aromatic heterocycles. The fourth-order valence-electron chi connectivity index (χ4n) is 4.87. The van der Waals surface area contributed by atoms with Crippen LogP contribution >= 0.6 is 0 Å². The van der Waals surface area contributed by atoms with Crippen LogP contribution in [0.25, 0.3) is 0 Å². The molecule has 2 aliphatic rings. The van der Waals surface area contributed by atoms with Crippen molar-refractivity contribution < 1.29 is 14.7 Å². The second kappa shape index (κ2) is 11.7. The first-order valence-electron chi connectivity index (χ1n) is 12.2. The zero-order valence-corrected chi connectivity index (χ0v) is 20.1. The lowest BCUT2D eigenvalue weighted by Crippen LogP contribution is -2.47. The quantitative estimate of drug-likeness (QED) is 0.587. The van der Waals surface area contributed by atoms with Gasteiger partial charge in [-0.1, -0.05) is 36.4 Å². The number of aliphatic hydroxyl groups is 1. The molecule has 2 heterocycles. The van der Waals surface area contributed by atoms with Crippen molar-refractivity contribution in [2.75, 3.05) is 52.4 Å². The van der Waals surface area contributed by atoms with E-state index in [0.717, 1.165) is 57.8 Å². The number of fused-ring (bicyclic) bond motifs is 1. The molecule has 0 bridgehead atoms. The summed E-state index contributed by atoms with van der Waals surface area (Å²) in [6.07, 6.45) is 0.386. The van der Waals surface area contributed by atoms with Crippen molar-refractivity contribution in [1.82, 2.24) is 20.0 Å². The number of aliphatic hydroxyl groups excluding tert-OH is 1. The third-order valence-electron chi connectivity index (χ3n) is 6.68. The molecular weight excluding hydrogens is 428 g/mol. The van der Waals surface area contributed by atoms with Crippen LogP contribution in [0.5, 0.6) is 0 Å². The Kier molecular flexibility index (Phi) is 8.45. The summed E-state index contributed by atoms with van der Waals surface area (Å²) in [4.78, 5) is 30.8. The van der Waals surface area contributed by atoms with Crippen LogP contribution in [0.2, 0.25) is 0 Å². The van der Waals surface area contributed by atoms with Gasteiger partial charge in [0.05, 0.1) is 12.6 Å². The highest BCUT2D eigenvalue weighted by atomic mass is 16.3. The van der Waals surface area contributed by atoms with Crippen molar-refractivity contribution in [2.24, 2.45) is 0 Å².